The van der Waals surface area contributed by atoms with Crippen LogP contribution in [0.5, 0.6) is 0 Å². The van der Waals surface area contributed by atoms with Gasteiger partial charge in [-0.1, -0.05) is 11.3 Å². The Morgan fingerprint density at radius 3 is 3.20 bits per heavy atom. The van der Waals surface area contributed by atoms with Gasteiger partial charge in [-0.2, -0.15) is 0 Å². The van der Waals surface area contributed by atoms with Crippen LogP contribution >= 0.6 is 11.3 Å². The van der Waals surface area contributed by atoms with Crippen molar-refractivity contribution in [2.75, 3.05) is 11.9 Å². The van der Waals surface area contributed by atoms with Crippen LogP contribution in [0.25, 0.3) is 10.3 Å². The van der Waals surface area contributed by atoms with Crippen LogP contribution in [0.2, 0.25) is 0 Å². The van der Waals surface area contributed by atoms with E-state index in [4.69, 9.17) is 4.74 Å². The SMILES string of the molecule is CCOC(=O)Nc1nc2ccn(C)c2s1. The average Bonchev–Trinajstić information content (AvgIpc) is 2.69. The molecular formula is C9H11N3O2S. The molecule has 0 radical (unpaired) electrons. The Kier molecular flexibility index (Phi) is 2.59. The van der Waals surface area contributed by atoms with Crippen molar-refractivity contribution in [2.24, 2.45) is 7.05 Å². The van der Waals surface area contributed by atoms with Gasteiger partial charge in [0.2, 0.25) is 0 Å². The van der Waals surface area contributed by atoms with Crippen molar-refractivity contribution in [1.82, 2.24) is 9.55 Å². The lowest BCUT2D eigenvalue weighted by Crippen LogP contribution is -2.12. The normalized spacial score (nSPS) is 10.5. The fourth-order valence-corrected chi connectivity index (χ4v) is 2.13. The number of carbonyl (C=O) groups excluding carboxylic acids is 1. The van der Waals surface area contributed by atoms with Crippen LogP contribution in [0.3, 0.4) is 0 Å². The van der Waals surface area contributed by atoms with E-state index < -0.39 is 6.09 Å². The standard InChI is InChI=1S/C9H11N3O2S/c1-3-14-9(13)11-8-10-6-4-5-12(2)7(6)15-8/h4-5H,3H2,1-2H3,(H,10,11,13). The predicted octanol–water partition coefficient (Wildman–Crippen LogP) is 2.20. The third-order valence-corrected chi connectivity index (χ3v) is 2.97. The summed E-state index contributed by atoms with van der Waals surface area (Å²) in [6, 6.07) is 1.90. The zero-order chi connectivity index (χ0) is 10.8. The summed E-state index contributed by atoms with van der Waals surface area (Å²) in [4.78, 5) is 16.4. The first-order valence-corrected chi connectivity index (χ1v) is 5.38. The van der Waals surface area contributed by atoms with Crippen LogP contribution in [0, 0.1) is 0 Å². The van der Waals surface area contributed by atoms with Gasteiger partial charge in [0.15, 0.2) is 5.13 Å². The van der Waals surface area contributed by atoms with Gasteiger partial charge >= 0.3 is 6.09 Å². The fraction of sp³-hybridized carbons (Fsp3) is 0.333. The molecule has 0 aliphatic rings. The van der Waals surface area contributed by atoms with Gasteiger partial charge in [0.05, 0.1) is 6.61 Å². The van der Waals surface area contributed by atoms with E-state index in [1.165, 1.54) is 11.3 Å². The van der Waals surface area contributed by atoms with Crippen molar-refractivity contribution in [3.05, 3.63) is 12.3 Å². The van der Waals surface area contributed by atoms with Gasteiger partial charge in [0, 0.05) is 13.2 Å². The Hall–Kier alpha value is -1.56. The molecule has 2 heterocycles. The Morgan fingerprint density at radius 1 is 1.73 bits per heavy atom. The fourth-order valence-electron chi connectivity index (χ4n) is 1.24. The van der Waals surface area contributed by atoms with E-state index in [0.29, 0.717) is 11.7 Å². The highest BCUT2D eigenvalue weighted by atomic mass is 32.1. The zero-order valence-electron chi connectivity index (χ0n) is 8.48. The van der Waals surface area contributed by atoms with Crippen molar-refractivity contribution >= 4 is 32.9 Å². The second-order valence-corrected chi connectivity index (χ2v) is 3.96. The highest BCUT2D eigenvalue weighted by Crippen LogP contribution is 2.25. The van der Waals surface area contributed by atoms with Gasteiger partial charge in [-0.3, -0.25) is 5.32 Å². The number of ether oxygens (including phenoxy) is 1. The largest absolute Gasteiger partial charge is 0.450 e. The second kappa shape index (κ2) is 3.90. The predicted molar refractivity (Wildman–Crippen MR) is 59.2 cm³/mol. The number of thiazole rings is 1. The van der Waals surface area contributed by atoms with Crippen LogP contribution in [-0.2, 0) is 11.8 Å². The Bertz CT molecular complexity index is 488. The van der Waals surface area contributed by atoms with Crippen LogP contribution in [0.1, 0.15) is 6.92 Å². The minimum atomic E-state index is -0.462. The number of hydrogen-bond acceptors (Lipinski definition) is 4. The van der Waals surface area contributed by atoms with Crippen LogP contribution in [0.4, 0.5) is 9.93 Å². The summed E-state index contributed by atoms with van der Waals surface area (Å²) in [6.07, 6.45) is 1.47. The summed E-state index contributed by atoms with van der Waals surface area (Å²) in [5, 5.41) is 3.14. The molecular weight excluding hydrogens is 214 g/mol. The van der Waals surface area contributed by atoms with E-state index in [2.05, 4.69) is 10.3 Å². The van der Waals surface area contributed by atoms with Crippen molar-refractivity contribution in [3.8, 4) is 0 Å². The number of nitrogens with one attached hydrogen (secondary N) is 1. The van der Waals surface area contributed by atoms with Crippen molar-refractivity contribution in [2.45, 2.75) is 6.92 Å². The molecule has 0 aromatic carbocycles. The van der Waals surface area contributed by atoms with Crippen LogP contribution in [-0.4, -0.2) is 22.3 Å². The molecule has 1 amide bonds. The summed E-state index contributed by atoms with van der Waals surface area (Å²) in [5.41, 5.74) is 0.884. The number of carbonyl (C=O) groups is 1. The molecule has 5 nitrogen and oxygen atoms in total. The lowest BCUT2D eigenvalue weighted by molar-refractivity contribution is 0.168. The van der Waals surface area contributed by atoms with E-state index >= 15 is 0 Å². The second-order valence-electron chi connectivity index (χ2n) is 2.98. The first kappa shape index (κ1) is 9.97. The monoisotopic (exact) mass is 225 g/mol. The van der Waals surface area contributed by atoms with E-state index in [9.17, 15) is 4.79 Å². The maximum atomic E-state index is 11.1. The molecule has 0 fully saturated rings. The zero-order valence-corrected chi connectivity index (χ0v) is 9.30. The first-order chi connectivity index (χ1) is 7.20. The van der Waals surface area contributed by atoms with E-state index in [1.54, 1.807) is 6.92 Å². The highest BCUT2D eigenvalue weighted by molar-refractivity contribution is 7.22. The third-order valence-electron chi connectivity index (χ3n) is 1.90. The molecule has 0 atom stereocenters. The number of nitrogens with zero attached hydrogens (tertiary/aromatic N) is 2. The molecule has 0 spiro atoms. The summed E-state index contributed by atoms with van der Waals surface area (Å²) in [7, 11) is 1.94. The van der Waals surface area contributed by atoms with Gasteiger partial charge in [-0.15, -0.1) is 0 Å². The maximum absolute atomic E-state index is 11.1. The Balaban J connectivity index is 2.18. The number of rotatable bonds is 2. The average molecular weight is 225 g/mol. The van der Waals surface area contributed by atoms with Gasteiger partial charge in [0.1, 0.15) is 10.3 Å². The molecule has 15 heavy (non-hydrogen) atoms. The molecule has 0 saturated heterocycles. The van der Waals surface area contributed by atoms with Gasteiger partial charge in [0.25, 0.3) is 0 Å². The van der Waals surface area contributed by atoms with Crippen molar-refractivity contribution in [1.29, 1.82) is 0 Å². The number of aryl methyl sites for hydroxylation is 1. The lowest BCUT2D eigenvalue weighted by Gasteiger charge is -2.00. The molecule has 0 unspecified atom stereocenters. The molecule has 0 aliphatic heterocycles. The molecule has 6 heteroatoms. The molecule has 2 aromatic rings. The van der Waals surface area contributed by atoms with E-state index in [-0.39, 0.29) is 0 Å². The van der Waals surface area contributed by atoms with Gasteiger partial charge < -0.3 is 9.30 Å². The van der Waals surface area contributed by atoms with E-state index in [1.807, 2.05) is 23.9 Å². The molecule has 0 saturated carbocycles. The molecule has 0 bridgehead atoms. The van der Waals surface area contributed by atoms with Crippen LogP contribution < -0.4 is 5.32 Å². The minimum Gasteiger partial charge on any atom is -0.450 e. The quantitative estimate of drug-likeness (QED) is 0.852. The summed E-state index contributed by atoms with van der Waals surface area (Å²) < 4.78 is 6.72. The molecule has 0 aliphatic carbocycles. The molecule has 80 valence electrons. The Morgan fingerprint density at radius 2 is 2.53 bits per heavy atom. The summed E-state index contributed by atoms with van der Waals surface area (Å²) in [5.74, 6) is 0. The Labute approximate surface area is 90.7 Å². The van der Waals surface area contributed by atoms with Gasteiger partial charge in [-0.05, 0) is 13.0 Å². The van der Waals surface area contributed by atoms with E-state index in [0.717, 1.165) is 10.3 Å². The maximum Gasteiger partial charge on any atom is 0.413 e. The van der Waals surface area contributed by atoms with Crippen LogP contribution in [0.15, 0.2) is 12.3 Å². The summed E-state index contributed by atoms with van der Waals surface area (Å²) in [6.45, 7) is 2.12. The van der Waals surface area contributed by atoms with Crippen molar-refractivity contribution < 1.29 is 9.53 Å². The highest BCUT2D eigenvalue weighted by Gasteiger charge is 2.09. The number of hydrogen-bond donors (Lipinski definition) is 1. The number of amides is 1. The smallest absolute Gasteiger partial charge is 0.413 e. The summed E-state index contributed by atoms with van der Waals surface area (Å²) >= 11 is 1.42. The number of anilines is 1. The van der Waals surface area contributed by atoms with Crippen molar-refractivity contribution in [3.63, 3.8) is 0 Å². The number of aromatic nitrogens is 2. The van der Waals surface area contributed by atoms with Gasteiger partial charge in [-0.25, -0.2) is 9.78 Å². The topological polar surface area (TPSA) is 56.1 Å². The minimum absolute atomic E-state index is 0.358. The number of fused-ring (bicyclic) bond motifs is 1. The third kappa shape index (κ3) is 1.94. The lowest BCUT2D eigenvalue weighted by atomic mass is 10.6. The molecule has 2 rings (SSSR count). The molecule has 2 aromatic heterocycles. The first-order valence-electron chi connectivity index (χ1n) is 4.56. The molecule has 1 N–H and O–H groups in total.